The SMILES string of the molecule is CNC(C)(C)C(=O)Nc1ccccc1C(=O)OC. The average Bonchev–Trinajstić information content (AvgIpc) is 2.38. The monoisotopic (exact) mass is 250 g/mol. The van der Waals surface area contributed by atoms with Gasteiger partial charge in [0.15, 0.2) is 0 Å². The molecule has 0 heterocycles. The number of likely N-dealkylation sites (N-methyl/N-ethyl adjacent to an activating group) is 1. The molecule has 0 bridgehead atoms. The van der Waals surface area contributed by atoms with Crippen LogP contribution in [0.25, 0.3) is 0 Å². The minimum Gasteiger partial charge on any atom is -0.465 e. The van der Waals surface area contributed by atoms with E-state index in [4.69, 9.17) is 0 Å². The summed E-state index contributed by atoms with van der Waals surface area (Å²) < 4.78 is 4.66. The van der Waals surface area contributed by atoms with Crippen molar-refractivity contribution < 1.29 is 14.3 Å². The van der Waals surface area contributed by atoms with Crippen LogP contribution in [-0.2, 0) is 9.53 Å². The molecule has 1 rings (SSSR count). The molecule has 5 heteroatoms. The standard InChI is InChI=1S/C13H18N2O3/c1-13(2,14-3)12(17)15-10-8-6-5-7-9(10)11(16)18-4/h5-8,14H,1-4H3,(H,15,17). The summed E-state index contributed by atoms with van der Waals surface area (Å²) in [5.41, 5.74) is 0.0568. The number of rotatable bonds is 4. The zero-order valence-corrected chi connectivity index (χ0v) is 11.0. The van der Waals surface area contributed by atoms with Gasteiger partial charge in [-0.2, -0.15) is 0 Å². The summed E-state index contributed by atoms with van der Waals surface area (Å²) in [6.07, 6.45) is 0. The number of ether oxygens (including phenoxy) is 1. The Balaban J connectivity index is 2.98. The first kappa shape index (κ1) is 14.2. The van der Waals surface area contributed by atoms with E-state index in [-0.39, 0.29) is 5.91 Å². The summed E-state index contributed by atoms with van der Waals surface area (Å²) in [5.74, 6) is -0.700. The van der Waals surface area contributed by atoms with Gasteiger partial charge in [0.05, 0.1) is 23.9 Å². The fourth-order valence-corrected chi connectivity index (χ4v) is 1.27. The summed E-state index contributed by atoms with van der Waals surface area (Å²) >= 11 is 0. The zero-order valence-electron chi connectivity index (χ0n) is 11.0. The largest absolute Gasteiger partial charge is 0.465 e. The molecule has 0 spiro atoms. The summed E-state index contributed by atoms with van der Waals surface area (Å²) in [6, 6.07) is 6.73. The lowest BCUT2D eigenvalue weighted by Gasteiger charge is -2.23. The number of esters is 1. The molecule has 0 saturated heterocycles. The minimum absolute atomic E-state index is 0.221. The van der Waals surface area contributed by atoms with Gasteiger partial charge < -0.3 is 15.4 Å². The third-order valence-corrected chi connectivity index (χ3v) is 2.77. The van der Waals surface area contributed by atoms with Crippen molar-refractivity contribution >= 4 is 17.6 Å². The van der Waals surface area contributed by atoms with Gasteiger partial charge in [0.25, 0.3) is 0 Å². The number of para-hydroxylation sites is 1. The molecule has 0 aliphatic rings. The van der Waals surface area contributed by atoms with Crippen molar-refractivity contribution in [2.24, 2.45) is 0 Å². The van der Waals surface area contributed by atoms with Gasteiger partial charge >= 0.3 is 5.97 Å². The number of carbonyl (C=O) groups is 2. The van der Waals surface area contributed by atoms with E-state index in [1.54, 1.807) is 45.2 Å². The normalized spacial score (nSPS) is 10.9. The van der Waals surface area contributed by atoms with E-state index in [1.165, 1.54) is 7.11 Å². The molecule has 2 N–H and O–H groups in total. The lowest BCUT2D eigenvalue weighted by Crippen LogP contribution is -2.48. The van der Waals surface area contributed by atoms with Gasteiger partial charge in [0.1, 0.15) is 0 Å². The maximum atomic E-state index is 12.0. The molecule has 98 valence electrons. The van der Waals surface area contributed by atoms with Crippen LogP contribution < -0.4 is 10.6 Å². The van der Waals surface area contributed by atoms with Gasteiger partial charge in [0.2, 0.25) is 5.91 Å². The van der Waals surface area contributed by atoms with Crippen LogP contribution in [0.4, 0.5) is 5.69 Å². The molecule has 1 aromatic carbocycles. The van der Waals surface area contributed by atoms with Crippen LogP contribution >= 0.6 is 0 Å². The second kappa shape index (κ2) is 5.64. The molecular formula is C13H18N2O3. The Morgan fingerprint density at radius 1 is 1.22 bits per heavy atom. The molecule has 0 aromatic heterocycles. The molecule has 0 atom stereocenters. The van der Waals surface area contributed by atoms with Crippen molar-refractivity contribution in [3.63, 3.8) is 0 Å². The van der Waals surface area contributed by atoms with E-state index in [1.807, 2.05) is 0 Å². The first-order valence-electron chi connectivity index (χ1n) is 5.60. The van der Waals surface area contributed by atoms with E-state index in [2.05, 4.69) is 15.4 Å². The highest BCUT2D eigenvalue weighted by atomic mass is 16.5. The highest BCUT2D eigenvalue weighted by molar-refractivity contribution is 6.03. The summed E-state index contributed by atoms with van der Waals surface area (Å²) in [4.78, 5) is 23.5. The van der Waals surface area contributed by atoms with Crippen molar-refractivity contribution in [2.45, 2.75) is 19.4 Å². The van der Waals surface area contributed by atoms with Crippen molar-refractivity contribution in [1.29, 1.82) is 0 Å². The predicted molar refractivity (Wildman–Crippen MR) is 69.5 cm³/mol. The number of nitrogens with one attached hydrogen (secondary N) is 2. The van der Waals surface area contributed by atoms with Crippen LogP contribution in [0.2, 0.25) is 0 Å². The number of methoxy groups -OCH3 is 1. The number of hydrogen-bond acceptors (Lipinski definition) is 4. The van der Waals surface area contributed by atoms with Crippen molar-refractivity contribution in [3.8, 4) is 0 Å². The van der Waals surface area contributed by atoms with E-state index >= 15 is 0 Å². The molecule has 0 saturated carbocycles. The maximum absolute atomic E-state index is 12.0. The average molecular weight is 250 g/mol. The first-order valence-corrected chi connectivity index (χ1v) is 5.60. The Hall–Kier alpha value is -1.88. The molecule has 1 aromatic rings. The zero-order chi connectivity index (χ0) is 13.8. The Morgan fingerprint density at radius 3 is 2.39 bits per heavy atom. The molecule has 0 aliphatic heterocycles. The van der Waals surface area contributed by atoms with Crippen LogP contribution in [0.1, 0.15) is 24.2 Å². The lowest BCUT2D eigenvalue weighted by molar-refractivity contribution is -0.121. The Labute approximate surface area is 107 Å². The maximum Gasteiger partial charge on any atom is 0.339 e. The van der Waals surface area contributed by atoms with Gasteiger partial charge in [-0.3, -0.25) is 4.79 Å². The van der Waals surface area contributed by atoms with Crippen LogP contribution in [0.5, 0.6) is 0 Å². The van der Waals surface area contributed by atoms with Crippen molar-refractivity contribution in [3.05, 3.63) is 29.8 Å². The fourth-order valence-electron chi connectivity index (χ4n) is 1.27. The third kappa shape index (κ3) is 3.07. The summed E-state index contributed by atoms with van der Waals surface area (Å²) in [5, 5.41) is 5.61. The number of benzene rings is 1. The van der Waals surface area contributed by atoms with Gasteiger partial charge in [-0.25, -0.2) is 4.79 Å². The second-order valence-corrected chi connectivity index (χ2v) is 4.37. The molecule has 0 aliphatic carbocycles. The summed E-state index contributed by atoms with van der Waals surface area (Å²) in [7, 11) is 3.00. The molecule has 0 radical (unpaired) electrons. The van der Waals surface area contributed by atoms with Crippen LogP contribution in [0, 0.1) is 0 Å². The van der Waals surface area contributed by atoms with E-state index in [0.717, 1.165) is 0 Å². The molecule has 1 amide bonds. The van der Waals surface area contributed by atoms with E-state index in [9.17, 15) is 9.59 Å². The van der Waals surface area contributed by atoms with Crippen molar-refractivity contribution in [2.75, 3.05) is 19.5 Å². The van der Waals surface area contributed by atoms with E-state index in [0.29, 0.717) is 11.3 Å². The molecule has 0 unspecified atom stereocenters. The number of amides is 1. The topological polar surface area (TPSA) is 67.4 Å². The Bertz CT molecular complexity index is 455. The Kier molecular flexibility index (Phi) is 4.44. The fraction of sp³-hybridized carbons (Fsp3) is 0.385. The van der Waals surface area contributed by atoms with Gasteiger partial charge in [0, 0.05) is 0 Å². The highest BCUT2D eigenvalue weighted by Gasteiger charge is 2.26. The number of anilines is 1. The van der Waals surface area contributed by atoms with Crippen molar-refractivity contribution in [1.82, 2.24) is 5.32 Å². The smallest absolute Gasteiger partial charge is 0.339 e. The van der Waals surface area contributed by atoms with Gasteiger partial charge in [-0.1, -0.05) is 12.1 Å². The van der Waals surface area contributed by atoms with E-state index < -0.39 is 11.5 Å². The minimum atomic E-state index is -0.719. The van der Waals surface area contributed by atoms with Crippen LogP contribution in [0.3, 0.4) is 0 Å². The highest BCUT2D eigenvalue weighted by Crippen LogP contribution is 2.17. The number of carbonyl (C=O) groups excluding carboxylic acids is 2. The number of hydrogen-bond donors (Lipinski definition) is 2. The predicted octanol–water partition coefficient (Wildman–Crippen LogP) is 1.41. The molecule has 5 nitrogen and oxygen atoms in total. The third-order valence-electron chi connectivity index (χ3n) is 2.77. The second-order valence-electron chi connectivity index (χ2n) is 4.37. The summed E-state index contributed by atoms with van der Waals surface area (Å²) in [6.45, 7) is 3.51. The first-order chi connectivity index (χ1) is 8.42. The van der Waals surface area contributed by atoms with Crippen LogP contribution in [-0.4, -0.2) is 31.6 Å². The molecule has 0 fully saturated rings. The molecule has 18 heavy (non-hydrogen) atoms. The quantitative estimate of drug-likeness (QED) is 0.793. The van der Waals surface area contributed by atoms with Gasteiger partial charge in [-0.15, -0.1) is 0 Å². The van der Waals surface area contributed by atoms with Crippen LogP contribution in [0.15, 0.2) is 24.3 Å². The lowest BCUT2D eigenvalue weighted by atomic mass is 10.0. The van der Waals surface area contributed by atoms with Gasteiger partial charge in [-0.05, 0) is 33.0 Å². The Morgan fingerprint density at radius 2 is 1.83 bits per heavy atom. The molecular weight excluding hydrogens is 232 g/mol.